The van der Waals surface area contributed by atoms with E-state index in [1.54, 1.807) is 6.08 Å². The van der Waals surface area contributed by atoms with Crippen LogP contribution in [0, 0.1) is 0 Å². The minimum absolute atomic E-state index is 0.00372. The molecule has 0 aromatic carbocycles. The van der Waals surface area contributed by atoms with Crippen LogP contribution in [0.15, 0.2) is 22.2 Å². The summed E-state index contributed by atoms with van der Waals surface area (Å²) in [7, 11) is 4.44. The lowest BCUT2D eigenvalue weighted by molar-refractivity contribution is 0.0494. The van der Waals surface area contributed by atoms with Crippen molar-refractivity contribution in [2.75, 3.05) is 44.0 Å². The summed E-state index contributed by atoms with van der Waals surface area (Å²) in [5, 5.41) is 0. The summed E-state index contributed by atoms with van der Waals surface area (Å²) in [4.78, 5) is 41.1. The zero-order chi connectivity index (χ0) is 17.9. The maximum atomic E-state index is 12.5. The van der Waals surface area contributed by atoms with Gasteiger partial charge in [0, 0.05) is 21.1 Å². The highest BCUT2D eigenvalue weighted by atomic mass is 16.5. The average Bonchev–Trinajstić information content (AvgIpc) is 2.95. The minimum Gasteiger partial charge on any atom is -0.459 e. The van der Waals surface area contributed by atoms with Gasteiger partial charge in [-0.15, -0.1) is 6.58 Å². The first kappa shape index (κ1) is 17.1. The van der Waals surface area contributed by atoms with Crippen molar-refractivity contribution in [2.24, 2.45) is 0 Å². The molecular weight excluding hydrogens is 318 g/mol. The summed E-state index contributed by atoms with van der Waals surface area (Å²) in [6, 6.07) is 0. The Morgan fingerprint density at radius 2 is 1.79 bits per heavy atom. The number of aromatic nitrogens is 4. The second-order valence-corrected chi connectivity index (χ2v) is 4.59. The molecule has 0 spiro atoms. The summed E-state index contributed by atoms with van der Waals surface area (Å²) < 4.78 is 8.09. The Bertz CT molecular complexity index is 892. The Morgan fingerprint density at radius 3 is 2.33 bits per heavy atom. The lowest BCUT2D eigenvalue weighted by atomic mass is 10.4. The minimum atomic E-state index is -0.729. The molecule has 0 radical (unpaired) electrons. The number of hydrogen-bond donors (Lipinski definition) is 3. The summed E-state index contributed by atoms with van der Waals surface area (Å²) in [6.45, 7) is 3.67. The Labute approximate surface area is 136 Å². The third-order valence-electron chi connectivity index (χ3n) is 3.27. The standard InChI is InChI=1S/C13H19N7O4/c1-5-6-7-24-12(22)10-17-9-8(18(10)14-2)11(21)20(16-4)13(23)19(9)15-3/h5,14-16H,1,6-7H2,2-4H3. The molecule has 0 saturated heterocycles. The van der Waals surface area contributed by atoms with Crippen molar-refractivity contribution < 1.29 is 9.53 Å². The molecular formula is C13H19N7O4. The Morgan fingerprint density at radius 1 is 1.17 bits per heavy atom. The fourth-order valence-corrected chi connectivity index (χ4v) is 2.19. The molecule has 2 rings (SSSR count). The fraction of sp³-hybridized carbons (Fsp3) is 0.385. The van der Waals surface area contributed by atoms with E-state index in [1.807, 2.05) is 0 Å². The van der Waals surface area contributed by atoms with E-state index in [-0.39, 0.29) is 23.6 Å². The van der Waals surface area contributed by atoms with Crippen LogP contribution < -0.4 is 27.5 Å². The summed E-state index contributed by atoms with van der Waals surface area (Å²) in [6.07, 6.45) is 2.10. The van der Waals surface area contributed by atoms with E-state index < -0.39 is 17.2 Å². The molecule has 0 aliphatic carbocycles. The lowest BCUT2D eigenvalue weighted by Gasteiger charge is -2.11. The summed E-state index contributed by atoms with van der Waals surface area (Å²) >= 11 is 0. The number of imidazole rings is 1. The van der Waals surface area contributed by atoms with Gasteiger partial charge in [-0.05, 0) is 6.42 Å². The monoisotopic (exact) mass is 337 g/mol. The molecule has 2 aromatic heterocycles. The van der Waals surface area contributed by atoms with Crippen LogP contribution in [0.2, 0.25) is 0 Å². The molecule has 0 atom stereocenters. The molecule has 0 aliphatic heterocycles. The van der Waals surface area contributed by atoms with Crippen LogP contribution in [0.4, 0.5) is 0 Å². The molecule has 0 amide bonds. The Kier molecular flexibility index (Phi) is 4.92. The molecule has 11 heteroatoms. The SMILES string of the molecule is C=CCCOC(=O)c1nc2c(c(=O)n(NC)c(=O)n2NC)n1NC. The Hall–Kier alpha value is -3.24. The third kappa shape index (κ3) is 2.59. The molecule has 0 saturated carbocycles. The number of carbonyl (C=O) groups is 1. The van der Waals surface area contributed by atoms with Crippen LogP contribution in [0.1, 0.15) is 17.0 Å². The largest absolute Gasteiger partial charge is 0.459 e. The Balaban J connectivity index is 2.74. The van der Waals surface area contributed by atoms with Crippen molar-refractivity contribution >= 4 is 17.1 Å². The van der Waals surface area contributed by atoms with Gasteiger partial charge in [-0.25, -0.2) is 14.3 Å². The van der Waals surface area contributed by atoms with Crippen molar-refractivity contribution in [1.29, 1.82) is 0 Å². The van der Waals surface area contributed by atoms with Crippen molar-refractivity contribution in [3.05, 3.63) is 39.3 Å². The van der Waals surface area contributed by atoms with Gasteiger partial charge in [0.2, 0.25) is 5.82 Å². The van der Waals surface area contributed by atoms with Crippen molar-refractivity contribution in [3.8, 4) is 0 Å². The number of fused-ring (bicyclic) bond motifs is 1. The molecule has 2 aromatic rings. The van der Waals surface area contributed by atoms with E-state index in [1.165, 1.54) is 25.8 Å². The first-order chi connectivity index (χ1) is 11.5. The number of nitrogens with zero attached hydrogens (tertiary/aromatic N) is 4. The van der Waals surface area contributed by atoms with Gasteiger partial charge in [-0.1, -0.05) is 6.08 Å². The van der Waals surface area contributed by atoms with E-state index >= 15 is 0 Å². The fourth-order valence-electron chi connectivity index (χ4n) is 2.19. The molecule has 0 fully saturated rings. The second-order valence-electron chi connectivity index (χ2n) is 4.59. The van der Waals surface area contributed by atoms with Crippen LogP contribution in [0.3, 0.4) is 0 Å². The average molecular weight is 337 g/mol. The van der Waals surface area contributed by atoms with Gasteiger partial charge in [0.15, 0.2) is 11.2 Å². The highest BCUT2D eigenvalue weighted by molar-refractivity contribution is 5.90. The number of ether oxygens (including phenoxy) is 1. The van der Waals surface area contributed by atoms with Gasteiger partial charge in [-0.3, -0.25) is 4.79 Å². The second kappa shape index (κ2) is 6.89. The molecule has 2 heterocycles. The molecule has 3 N–H and O–H groups in total. The molecule has 0 bridgehead atoms. The first-order valence-electron chi connectivity index (χ1n) is 7.13. The van der Waals surface area contributed by atoms with Gasteiger partial charge in [-0.2, -0.15) is 14.3 Å². The first-order valence-corrected chi connectivity index (χ1v) is 7.13. The topological polar surface area (TPSA) is 124 Å². The maximum absolute atomic E-state index is 12.5. The molecule has 24 heavy (non-hydrogen) atoms. The molecule has 0 aliphatic rings. The normalized spacial score (nSPS) is 10.5. The number of rotatable bonds is 7. The lowest BCUT2D eigenvalue weighted by Crippen LogP contribution is -2.46. The number of carbonyl (C=O) groups excluding carboxylic acids is 1. The number of esters is 1. The number of nitrogens with one attached hydrogen (secondary N) is 3. The van der Waals surface area contributed by atoms with Crippen molar-refractivity contribution in [1.82, 2.24) is 19.0 Å². The van der Waals surface area contributed by atoms with E-state index in [4.69, 9.17) is 4.74 Å². The van der Waals surface area contributed by atoms with Crippen molar-refractivity contribution in [3.63, 3.8) is 0 Å². The van der Waals surface area contributed by atoms with E-state index in [0.29, 0.717) is 6.42 Å². The highest BCUT2D eigenvalue weighted by Crippen LogP contribution is 2.10. The summed E-state index contributed by atoms with van der Waals surface area (Å²) in [5.41, 5.74) is 6.51. The van der Waals surface area contributed by atoms with Gasteiger partial charge in [0.1, 0.15) is 0 Å². The smallest absolute Gasteiger partial charge is 0.376 e. The quantitative estimate of drug-likeness (QED) is 0.321. The molecule has 11 nitrogen and oxygen atoms in total. The highest BCUT2D eigenvalue weighted by Gasteiger charge is 2.25. The van der Waals surface area contributed by atoms with Crippen molar-refractivity contribution in [2.45, 2.75) is 6.42 Å². The third-order valence-corrected chi connectivity index (χ3v) is 3.27. The molecule has 130 valence electrons. The van der Waals surface area contributed by atoms with Crippen LogP contribution in [0.5, 0.6) is 0 Å². The zero-order valence-corrected chi connectivity index (χ0v) is 13.6. The van der Waals surface area contributed by atoms with E-state index in [2.05, 4.69) is 27.8 Å². The van der Waals surface area contributed by atoms with Crippen LogP contribution in [-0.2, 0) is 4.74 Å². The van der Waals surface area contributed by atoms with Crippen LogP contribution in [-0.4, -0.2) is 52.7 Å². The van der Waals surface area contributed by atoms with E-state index in [0.717, 1.165) is 9.35 Å². The van der Waals surface area contributed by atoms with Gasteiger partial charge >= 0.3 is 17.2 Å². The predicted octanol–water partition coefficient (Wildman–Crippen LogP) is -1.39. The van der Waals surface area contributed by atoms with E-state index in [9.17, 15) is 14.4 Å². The van der Waals surface area contributed by atoms with Gasteiger partial charge < -0.3 is 21.0 Å². The van der Waals surface area contributed by atoms with Crippen LogP contribution >= 0.6 is 0 Å². The van der Waals surface area contributed by atoms with Gasteiger partial charge in [0.25, 0.3) is 0 Å². The van der Waals surface area contributed by atoms with Crippen LogP contribution in [0.25, 0.3) is 11.2 Å². The zero-order valence-electron chi connectivity index (χ0n) is 13.6. The maximum Gasteiger partial charge on any atom is 0.376 e. The number of hydrogen-bond acceptors (Lipinski definition) is 8. The van der Waals surface area contributed by atoms with Gasteiger partial charge in [0.05, 0.1) is 6.61 Å². The predicted molar refractivity (Wildman–Crippen MR) is 89.2 cm³/mol. The molecule has 0 unspecified atom stereocenters. The summed E-state index contributed by atoms with van der Waals surface area (Å²) in [5.74, 6) is -0.876.